The summed E-state index contributed by atoms with van der Waals surface area (Å²) in [6, 6.07) is 3.44. The van der Waals surface area contributed by atoms with Gasteiger partial charge in [-0.1, -0.05) is 6.92 Å². The normalized spacial score (nSPS) is 10.9. The number of hydrogen-bond acceptors (Lipinski definition) is 7. The summed E-state index contributed by atoms with van der Waals surface area (Å²) in [5.41, 5.74) is 4.11. The third-order valence-electron chi connectivity index (χ3n) is 3.83. The smallest absolute Gasteiger partial charge is 0.329 e. The molecule has 0 aliphatic heterocycles. The molecule has 10 nitrogen and oxygen atoms in total. The van der Waals surface area contributed by atoms with Gasteiger partial charge in [-0.15, -0.1) is 0 Å². The van der Waals surface area contributed by atoms with Gasteiger partial charge in [-0.3, -0.25) is 28.8 Å². The van der Waals surface area contributed by atoms with Crippen LogP contribution in [0.25, 0.3) is 0 Å². The topological polar surface area (TPSA) is 143 Å². The molecule has 2 aromatic rings. The number of H-pyrrole nitrogens is 1. The zero-order valence-corrected chi connectivity index (χ0v) is 15.3. The minimum Gasteiger partial charge on any atom is -0.467 e. The summed E-state index contributed by atoms with van der Waals surface area (Å²) in [6.07, 6.45) is 2.12. The minimum absolute atomic E-state index is 0.0567. The van der Waals surface area contributed by atoms with Crippen molar-refractivity contribution in [3.05, 3.63) is 50.6 Å². The van der Waals surface area contributed by atoms with Crippen molar-refractivity contribution in [1.29, 1.82) is 0 Å². The number of Topliss-reactive ketones (excluding diaryl/α,β-unsaturated/α-hetero) is 1. The van der Waals surface area contributed by atoms with Crippen LogP contribution in [0.4, 0.5) is 5.82 Å². The van der Waals surface area contributed by atoms with Gasteiger partial charge in [0.2, 0.25) is 5.91 Å². The third kappa shape index (κ3) is 5.17. The lowest BCUT2D eigenvalue weighted by Crippen LogP contribution is -2.41. The Morgan fingerprint density at radius 1 is 1.33 bits per heavy atom. The summed E-state index contributed by atoms with van der Waals surface area (Å²) >= 11 is 0. The van der Waals surface area contributed by atoms with E-state index in [1.807, 2.05) is 6.92 Å². The first kappa shape index (κ1) is 20.2. The standard InChI is InChI=1S/C17H23N5O5/c1-3-6-22-15(18)14(16(25)20-17(22)26)12(23)9-21(2)10-13(24)19-8-11-5-4-7-27-11/h4-5,7H,3,6,8-10,18H2,1-2H3,(H,19,24)(H,20,25,26). The average Bonchev–Trinajstić information content (AvgIpc) is 3.10. The average molecular weight is 377 g/mol. The molecule has 0 aliphatic rings. The van der Waals surface area contributed by atoms with Crippen LogP contribution in [-0.4, -0.2) is 46.3 Å². The molecule has 27 heavy (non-hydrogen) atoms. The number of nitrogen functional groups attached to an aromatic ring is 1. The van der Waals surface area contributed by atoms with Crippen LogP contribution >= 0.6 is 0 Å². The van der Waals surface area contributed by atoms with Crippen molar-refractivity contribution in [2.45, 2.75) is 26.4 Å². The minimum atomic E-state index is -0.828. The highest BCUT2D eigenvalue weighted by Gasteiger charge is 2.21. The number of rotatable bonds is 9. The molecular weight excluding hydrogens is 354 g/mol. The van der Waals surface area contributed by atoms with Crippen LogP contribution in [0.3, 0.4) is 0 Å². The van der Waals surface area contributed by atoms with Crippen LogP contribution in [0, 0.1) is 0 Å². The van der Waals surface area contributed by atoms with Crippen molar-refractivity contribution in [2.24, 2.45) is 0 Å². The van der Waals surface area contributed by atoms with Gasteiger partial charge < -0.3 is 15.5 Å². The molecule has 146 valence electrons. The molecule has 0 fully saturated rings. The number of amides is 1. The van der Waals surface area contributed by atoms with Gasteiger partial charge in [-0.2, -0.15) is 0 Å². The number of nitrogens with one attached hydrogen (secondary N) is 2. The maximum Gasteiger partial charge on any atom is 0.329 e. The molecule has 0 unspecified atom stereocenters. The SMILES string of the molecule is CCCn1c(N)c(C(=O)CN(C)CC(=O)NCc2ccco2)c(=O)[nH]c1=O. The molecule has 0 radical (unpaired) electrons. The number of carbonyl (C=O) groups is 2. The zero-order chi connectivity index (χ0) is 20.0. The molecular formula is C17H23N5O5. The lowest BCUT2D eigenvalue weighted by atomic mass is 10.2. The Kier molecular flexibility index (Phi) is 6.72. The fourth-order valence-electron chi connectivity index (χ4n) is 2.58. The van der Waals surface area contributed by atoms with Crippen LogP contribution in [-0.2, 0) is 17.9 Å². The number of hydrogen-bond donors (Lipinski definition) is 3. The molecule has 2 rings (SSSR count). The Labute approximate surface area is 155 Å². The molecule has 1 amide bonds. The summed E-state index contributed by atoms with van der Waals surface area (Å²) in [5.74, 6) is -0.426. The molecule has 0 saturated carbocycles. The van der Waals surface area contributed by atoms with Crippen LogP contribution < -0.4 is 22.3 Å². The van der Waals surface area contributed by atoms with E-state index < -0.39 is 17.0 Å². The summed E-state index contributed by atoms with van der Waals surface area (Å²) in [5, 5.41) is 2.66. The van der Waals surface area contributed by atoms with E-state index in [9.17, 15) is 19.2 Å². The van der Waals surface area contributed by atoms with E-state index in [1.165, 1.54) is 11.2 Å². The maximum atomic E-state index is 12.5. The molecule has 0 saturated heterocycles. The fourth-order valence-corrected chi connectivity index (χ4v) is 2.58. The lowest BCUT2D eigenvalue weighted by Gasteiger charge is -2.16. The van der Waals surface area contributed by atoms with E-state index in [1.54, 1.807) is 19.2 Å². The molecule has 2 heterocycles. The Bertz CT molecular complexity index is 913. The lowest BCUT2D eigenvalue weighted by molar-refractivity contribution is -0.122. The van der Waals surface area contributed by atoms with Gasteiger partial charge in [-0.05, 0) is 25.6 Å². The molecule has 4 N–H and O–H groups in total. The fraction of sp³-hybridized carbons (Fsp3) is 0.412. The van der Waals surface area contributed by atoms with E-state index >= 15 is 0 Å². The van der Waals surface area contributed by atoms with Gasteiger partial charge in [0.1, 0.15) is 17.1 Å². The van der Waals surface area contributed by atoms with Crippen molar-refractivity contribution in [3.8, 4) is 0 Å². The predicted octanol–water partition coefficient (Wildman–Crippen LogP) is -0.447. The van der Waals surface area contributed by atoms with E-state index in [4.69, 9.17) is 10.2 Å². The van der Waals surface area contributed by atoms with Gasteiger partial charge in [-0.25, -0.2) is 4.79 Å². The van der Waals surface area contributed by atoms with Gasteiger partial charge in [0.15, 0.2) is 5.78 Å². The summed E-state index contributed by atoms with van der Waals surface area (Å²) < 4.78 is 6.27. The van der Waals surface area contributed by atoms with Crippen molar-refractivity contribution in [2.75, 3.05) is 25.9 Å². The highest BCUT2D eigenvalue weighted by molar-refractivity contribution is 6.01. The van der Waals surface area contributed by atoms with Gasteiger partial charge in [0, 0.05) is 6.54 Å². The number of carbonyl (C=O) groups excluding carboxylic acids is 2. The number of furan rings is 1. The van der Waals surface area contributed by atoms with Crippen molar-refractivity contribution in [3.63, 3.8) is 0 Å². The monoisotopic (exact) mass is 377 g/mol. The number of aromatic amines is 1. The molecule has 10 heteroatoms. The van der Waals surface area contributed by atoms with Crippen LogP contribution in [0.5, 0.6) is 0 Å². The van der Waals surface area contributed by atoms with Gasteiger partial charge in [0.05, 0.1) is 25.9 Å². The predicted molar refractivity (Wildman–Crippen MR) is 98.4 cm³/mol. The number of nitrogens with zero attached hydrogens (tertiary/aromatic N) is 2. The largest absolute Gasteiger partial charge is 0.467 e. The van der Waals surface area contributed by atoms with E-state index in [2.05, 4.69) is 10.3 Å². The van der Waals surface area contributed by atoms with Crippen LogP contribution in [0.2, 0.25) is 0 Å². The van der Waals surface area contributed by atoms with Crippen molar-refractivity contribution in [1.82, 2.24) is 19.8 Å². The molecule has 0 aromatic carbocycles. The summed E-state index contributed by atoms with van der Waals surface area (Å²) in [7, 11) is 1.57. The van der Waals surface area contributed by atoms with Crippen molar-refractivity contribution >= 4 is 17.5 Å². The Balaban J connectivity index is 2.01. The first-order valence-corrected chi connectivity index (χ1v) is 8.46. The van der Waals surface area contributed by atoms with Gasteiger partial charge >= 0.3 is 5.69 Å². The molecule has 0 bridgehead atoms. The number of nitrogens with two attached hydrogens (primary N) is 1. The Hall–Kier alpha value is -3.14. The number of likely N-dealkylation sites (N-methyl/N-ethyl adjacent to an activating group) is 1. The number of anilines is 1. The van der Waals surface area contributed by atoms with Crippen molar-refractivity contribution < 1.29 is 14.0 Å². The second kappa shape index (κ2) is 8.99. The summed E-state index contributed by atoms with van der Waals surface area (Å²) in [4.78, 5) is 51.8. The Morgan fingerprint density at radius 2 is 2.07 bits per heavy atom. The highest BCUT2D eigenvalue weighted by Crippen LogP contribution is 2.06. The first-order chi connectivity index (χ1) is 12.8. The van der Waals surface area contributed by atoms with Gasteiger partial charge in [0.25, 0.3) is 5.56 Å². The zero-order valence-electron chi connectivity index (χ0n) is 15.3. The molecule has 2 aromatic heterocycles. The second-order valence-electron chi connectivity index (χ2n) is 6.12. The molecule has 0 aliphatic carbocycles. The maximum absolute atomic E-state index is 12.5. The third-order valence-corrected chi connectivity index (χ3v) is 3.83. The quantitative estimate of drug-likeness (QED) is 0.502. The molecule has 0 spiro atoms. The van der Waals surface area contributed by atoms with E-state index in [0.717, 1.165) is 4.57 Å². The second-order valence-corrected chi connectivity index (χ2v) is 6.12. The van der Waals surface area contributed by atoms with E-state index in [0.29, 0.717) is 12.2 Å². The first-order valence-electron chi connectivity index (χ1n) is 8.46. The van der Waals surface area contributed by atoms with E-state index in [-0.39, 0.29) is 43.5 Å². The number of aromatic nitrogens is 2. The Morgan fingerprint density at radius 3 is 2.70 bits per heavy atom. The van der Waals surface area contributed by atoms with Crippen LogP contribution in [0.15, 0.2) is 32.4 Å². The highest BCUT2D eigenvalue weighted by atomic mass is 16.3. The van der Waals surface area contributed by atoms with Crippen LogP contribution in [0.1, 0.15) is 29.5 Å². The molecule has 0 atom stereocenters. The number of ketones is 1. The summed E-state index contributed by atoms with van der Waals surface area (Å²) in [6.45, 7) is 2.10.